The van der Waals surface area contributed by atoms with Crippen LogP contribution in [0.4, 0.5) is 17.6 Å². The van der Waals surface area contributed by atoms with Gasteiger partial charge in [0.05, 0.1) is 5.56 Å². The highest BCUT2D eigenvalue weighted by atomic mass is 32.1. The largest absolute Gasteiger partial charge is 0.486 e. The molecule has 0 N–H and O–H groups in total. The molecule has 0 saturated heterocycles. The lowest BCUT2D eigenvalue weighted by Crippen LogP contribution is -2.04. The summed E-state index contributed by atoms with van der Waals surface area (Å²) in [6.07, 6.45) is -4.40. The predicted octanol–water partition coefficient (Wildman–Crippen LogP) is 4.59. The third kappa shape index (κ3) is 3.61. The molecule has 0 saturated carbocycles. The van der Waals surface area contributed by atoms with Crippen molar-refractivity contribution in [2.45, 2.75) is 12.8 Å². The van der Waals surface area contributed by atoms with Gasteiger partial charge in [0.15, 0.2) is 10.8 Å². The number of benzene rings is 2. The molecule has 2 aromatic carbocycles. The number of ether oxygens (including phenoxy) is 1. The zero-order valence-corrected chi connectivity index (χ0v) is 14.3. The molecule has 4 rings (SSSR count). The Labute approximate surface area is 153 Å². The van der Waals surface area contributed by atoms with Gasteiger partial charge in [-0.25, -0.2) is 4.39 Å². The van der Waals surface area contributed by atoms with E-state index in [-0.39, 0.29) is 12.4 Å². The molecule has 0 amide bonds. The summed E-state index contributed by atoms with van der Waals surface area (Å²) in [5, 5.41) is 12.9. The summed E-state index contributed by atoms with van der Waals surface area (Å²) in [5.41, 5.74) is -0.273. The first-order valence-electron chi connectivity index (χ1n) is 7.67. The lowest BCUT2D eigenvalue weighted by molar-refractivity contribution is -0.137. The number of hydrogen-bond acceptors (Lipinski definition) is 5. The molecule has 10 heteroatoms. The Morgan fingerprint density at radius 1 is 0.963 bits per heavy atom. The highest BCUT2D eigenvalue weighted by Crippen LogP contribution is 2.31. The van der Waals surface area contributed by atoms with E-state index in [2.05, 4.69) is 15.3 Å². The van der Waals surface area contributed by atoms with Crippen molar-refractivity contribution in [1.82, 2.24) is 19.8 Å². The van der Waals surface area contributed by atoms with Crippen molar-refractivity contribution < 1.29 is 22.3 Å². The number of rotatable bonds is 4. The average molecular weight is 394 g/mol. The molecule has 0 fully saturated rings. The van der Waals surface area contributed by atoms with Crippen LogP contribution in [0.15, 0.2) is 48.5 Å². The predicted molar refractivity (Wildman–Crippen MR) is 89.8 cm³/mol. The monoisotopic (exact) mass is 394 g/mol. The first-order valence-corrected chi connectivity index (χ1v) is 8.49. The van der Waals surface area contributed by atoms with Crippen LogP contribution in [0.25, 0.3) is 16.3 Å². The van der Waals surface area contributed by atoms with E-state index in [0.29, 0.717) is 27.1 Å². The van der Waals surface area contributed by atoms with Crippen LogP contribution in [0, 0.1) is 5.82 Å². The van der Waals surface area contributed by atoms with E-state index in [9.17, 15) is 17.6 Å². The first kappa shape index (κ1) is 17.4. The lowest BCUT2D eigenvalue weighted by Gasteiger charge is -2.06. The van der Waals surface area contributed by atoms with Gasteiger partial charge in [0.25, 0.3) is 0 Å². The molecule has 138 valence electrons. The van der Waals surface area contributed by atoms with Crippen molar-refractivity contribution in [3.8, 4) is 17.1 Å². The van der Waals surface area contributed by atoms with Crippen LogP contribution in [0.3, 0.4) is 0 Å². The van der Waals surface area contributed by atoms with Crippen LogP contribution in [-0.2, 0) is 12.8 Å². The Hall–Kier alpha value is -3.01. The van der Waals surface area contributed by atoms with Gasteiger partial charge in [0.1, 0.15) is 18.2 Å². The molecule has 5 nitrogen and oxygen atoms in total. The highest BCUT2D eigenvalue weighted by Gasteiger charge is 2.30. The number of alkyl halides is 3. The van der Waals surface area contributed by atoms with Crippen LogP contribution in [-0.4, -0.2) is 19.8 Å². The van der Waals surface area contributed by atoms with Crippen molar-refractivity contribution in [3.05, 3.63) is 64.9 Å². The fourth-order valence-electron chi connectivity index (χ4n) is 2.38. The number of halogens is 4. The molecule has 0 radical (unpaired) electrons. The van der Waals surface area contributed by atoms with Gasteiger partial charge in [-0.1, -0.05) is 23.5 Å². The summed E-state index contributed by atoms with van der Waals surface area (Å²) in [6.45, 7) is 0.145. The molecular weight excluding hydrogens is 384 g/mol. The van der Waals surface area contributed by atoms with E-state index >= 15 is 0 Å². The quantitative estimate of drug-likeness (QED) is 0.475. The van der Waals surface area contributed by atoms with E-state index in [1.54, 1.807) is 0 Å². The highest BCUT2D eigenvalue weighted by molar-refractivity contribution is 7.16. The zero-order valence-electron chi connectivity index (χ0n) is 13.4. The number of hydrogen-bond donors (Lipinski definition) is 0. The van der Waals surface area contributed by atoms with Crippen LogP contribution in [0.5, 0.6) is 5.75 Å². The normalized spacial score (nSPS) is 11.9. The van der Waals surface area contributed by atoms with Crippen LogP contribution in [0.1, 0.15) is 10.6 Å². The molecule has 0 aliphatic heterocycles. The number of fused-ring (bicyclic) bond motifs is 1. The van der Waals surface area contributed by atoms with Crippen LogP contribution in [0.2, 0.25) is 0 Å². The lowest BCUT2D eigenvalue weighted by atomic mass is 10.1. The molecule has 0 spiro atoms. The van der Waals surface area contributed by atoms with Gasteiger partial charge in [-0.2, -0.15) is 22.8 Å². The standard InChI is InChI=1S/C17H10F4N4OS/c18-12-5-7-13(8-6-12)26-9-14-24-25-15(22-23-16(25)27-14)10-1-3-11(4-2-10)17(19,20)21/h1-8H,9H2. The molecule has 0 unspecified atom stereocenters. The van der Waals surface area contributed by atoms with Gasteiger partial charge in [0.2, 0.25) is 4.96 Å². The van der Waals surface area contributed by atoms with E-state index in [1.165, 1.54) is 52.3 Å². The third-order valence-corrected chi connectivity index (χ3v) is 4.55. The average Bonchev–Trinajstić information content (AvgIpc) is 3.21. The van der Waals surface area contributed by atoms with Gasteiger partial charge in [-0.05, 0) is 36.4 Å². The van der Waals surface area contributed by atoms with E-state index in [1.807, 2.05) is 0 Å². The minimum atomic E-state index is -4.40. The Morgan fingerprint density at radius 2 is 1.67 bits per heavy atom. The van der Waals surface area contributed by atoms with Crippen molar-refractivity contribution in [1.29, 1.82) is 0 Å². The number of nitrogens with zero attached hydrogens (tertiary/aromatic N) is 4. The minimum absolute atomic E-state index is 0.145. The Bertz CT molecular complexity index is 1070. The molecule has 4 aromatic rings. The van der Waals surface area contributed by atoms with Gasteiger partial charge >= 0.3 is 6.18 Å². The van der Waals surface area contributed by atoms with Gasteiger partial charge < -0.3 is 4.74 Å². The van der Waals surface area contributed by atoms with Crippen molar-refractivity contribution >= 4 is 16.3 Å². The molecule has 27 heavy (non-hydrogen) atoms. The Kier molecular flexibility index (Phi) is 4.27. The molecular formula is C17H10F4N4OS. The van der Waals surface area contributed by atoms with Crippen molar-refractivity contribution in [2.75, 3.05) is 0 Å². The third-order valence-electron chi connectivity index (χ3n) is 3.68. The smallest absolute Gasteiger partial charge is 0.416 e. The zero-order chi connectivity index (χ0) is 19.0. The van der Waals surface area contributed by atoms with E-state index in [4.69, 9.17) is 4.74 Å². The second kappa shape index (κ2) is 6.62. The summed E-state index contributed by atoms with van der Waals surface area (Å²) in [4.78, 5) is 0.489. The maximum absolute atomic E-state index is 12.9. The fraction of sp³-hybridized carbons (Fsp3) is 0.118. The van der Waals surface area contributed by atoms with Gasteiger partial charge in [-0.15, -0.1) is 10.2 Å². The SMILES string of the molecule is Fc1ccc(OCc2nn3c(-c4ccc(C(F)(F)F)cc4)nnc3s2)cc1. The summed E-state index contributed by atoms with van der Waals surface area (Å²) in [5.74, 6) is 0.468. The fourth-order valence-corrected chi connectivity index (χ4v) is 3.13. The minimum Gasteiger partial charge on any atom is -0.486 e. The van der Waals surface area contributed by atoms with E-state index < -0.39 is 11.7 Å². The number of aromatic nitrogens is 4. The summed E-state index contributed by atoms with van der Waals surface area (Å²) < 4.78 is 58.0. The van der Waals surface area contributed by atoms with Gasteiger partial charge in [0, 0.05) is 5.56 Å². The Balaban J connectivity index is 1.56. The van der Waals surface area contributed by atoms with Crippen molar-refractivity contribution in [3.63, 3.8) is 0 Å². The summed E-state index contributed by atoms with van der Waals surface area (Å²) in [6, 6.07) is 10.2. The summed E-state index contributed by atoms with van der Waals surface area (Å²) in [7, 11) is 0. The Morgan fingerprint density at radius 3 is 2.33 bits per heavy atom. The molecule has 0 bridgehead atoms. The second-order valence-electron chi connectivity index (χ2n) is 5.53. The summed E-state index contributed by atoms with van der Waals surface area (Å²) >= 11 is 1.24. The molecule has 0 aliphatic carbocycles. The second-order valence-corrected chi connectivity index (χ2v) is 6.57. The molecule has 2 aromatic heterocycles. The first-order chi connectivity index (χ1) is 12.9. The maximum atomic E-state index is 12.9. The molecule has 0 atom stereocenters. The maximum Gasteiger partial charge on any atom is 0.416 e. The van der Waals surface area contributed by atoms with E-state index in [0.717, 1.165) is 12.1 Å². The topological polar surface area (TPSA) is 52.3 Å². The molecule has 0 aliphatic rings. The van der Waals surface area contributed by atoms with Gasteiger partial charge in [-0.3, -0.25) is 0 Å². The van der Waals surface area contributed by atoms with Crippen LogP contribution < -0.4 is 4.74 Å². The van der Waals surface area contributed by atoms with Crippen LogP contribution >= 0.6 is 11.3 Å². The van der Waals surface area contributed by atoms with Crippen molar-refractivity contribution in [2.24, 2.45) is 0 Å². The molecule has 2 heterocycles.